The molecule has 3 saturated heterocycles. The third-order valence-electron chi connectivity index (χ3n) is 16.6. The van der Waals surface area contributed by atoms with Gasteiger partial charge in [-0.1, -0.05) is 231 Å². The number of amides is 1. The summed E-state index contributed by atoms with van der Waals surface area (Å²) in [6, 6.07) is -0.967. The van der Waals surface area contributed by atoms with Crippen LogP contribution >= 0.6 is 0 Å². The highest BCUT2D eigenvalue weighted by Gasteiger charge is 2.53. The summed E-state index contributed by atoms with van der Waals surface area (Å²) in [5.41, 5.74) is 0. The monoisotopic (exact) mass is 1160 g/mol. The van der Waals surface area contributed by atoms with Crippen LogP contribution < -0.4 is 5.32 Å². The second-order valence-electron chi connectivity index (χ2n) is 23.6. The van der Waals surface area contributed by atoms with Crippen LogP contribution in [0.25, 0.3) is 0 Å². The van der Waals surface area contributed by atoms with Crippen molar-refractivity contribution in [1.82, 2.24) is 5.32 Å². The van der Waals surface area contributed by atoms with Gasteiger partial charge in [0.2, 0.25) is 5.91 Å². The zero-order valence-electron chi connectivity index (χ0n) is 50.0. The highest BCUT2D eigenvalue weighted by atomic mass is 16.8. The van der Waals surface area contributed by atoms with Crippen molar-refractivity contribution in [2.45, 2.75) is 349 Å². The number of hydrogen-bond donors (Lipinski definition) is 12. The molecule has 0 aromatic carbocycles. The van der Waals surface area contributed by atoms with Crippen molar-refractivity contribution >= 4 is 5.91 Å². The second kappa shape index (κ2) is 45.8. The Morgan fingerprint density at radius 3 is 1.16 bits per heavy atom. The molecule has 3 aliphatic heterocycles. The Balaban J connectivity index is 1.44. The predicted octanol–water partition coefficient (Wildman–Crippen LogP) is 6.94. The van der Waals surface area contributed by atoms with Gasteiger partial charge in [0.05, 0.1) is 38.6 Å². The van der Waals surface area contributed by atoms with E-state index < -0.39 is 124 Å². The maximum atomic E-state index is 13.3. The average Bonchev–Trinajstić information content (AvgIpc) is 3.57. The molecule has 19 heteroatoms. The maximum absolute atomic E-state index is 13.3. The first-order valence-electron chi connectivity index (χ1n) is 32.4. The van der Waals surface area contributed by atoms with Crippen LogP contribution in [-0.4, -0.2) is 193 Å². The van der Waals surface area contributed by atoms with Crippen molar-refractivity contribution in [2.75, 3.05) is 26.4 Å². The van der Waals surface area contributed by atoms with Crippen molar-refractivity contribution < 1.29 is 89.4 Å². The molecule has 0 bridgehead atoms. The van der Waals surface area contributed by atoms with Gasteiger partial charge in [0.15, 0.2) is 18.9 Å². The van der Waals surface area contributed by atoms with Gasteiger partial charge in [-0.25, -0.2) is 0 Å². The van der Waals surface area contributed by atoms with E-state index in [4.69, 9.17) is 28.4 Å². The Bertz CT molecular complexity index is 1530. The number of aliphatic hydroxyl groups excluding tert-OH is 11. The van der Waals surface area contributed by atoms with Crippen LogP contribution in [-0.2, 0) is 33.2 Å². The smallest absolute Gasteiger partial charge is 0.220 e. The first-order chi connectivity index (χ1) is 39.3. The first kappa shape index (κ1) is 73.8. The van der Waals surface area contributed by atoms with Gasteiger partial charge in [-0.2, -0.15) is 0 Å². The molecular formula is C62H117NO18. The minimum atomic E-state index is -1.97. The summed E-state index contributed by atoms with van der Waals surface area (Å²) in [6.07, 6.45) is 20.5. The van der Waals surface area contributed by atoms with Gasteiger partial charge < -0.3 is 89.9 Å². The second-order valence-corrected chi connectivity index (χ2v) is 23.6. The zero-order valence-corrected chi connectivity index (χ0v) is 50.0. The summed E-state index contributed by atoms with van der Waals surface area (Å²) in [4.78, 5) is 13.3. The van der Waals surface area contributed by atoms with Crippen molar-refractivity contribution in [2.24, 2.45) is 0 Å². The van der Waals surface area contributed by atoms with Crippen LogP contribution in [0.1, 0.15) is 245 Å². The molecule has 3 rings (SSSR count). The van der Waals surface area contributed by atoms with Gasteiger partial charge in [-0.05, 0) is 19.3 Å². The fourth-order valence-electron chi connectivity index (χ4n) is 11.3. The number of unbranched alkanes of at least 4 members (excludes halogenated alkanes) is 33. The van der Waals surface area contributed by atoms with Crippen molar-refractivity contribution in [3.05, 3.63) is 12.2 Å². The Hall–Kier alpha value is -1.47. The molecule has 478 valence electrons. The molecule has 0 spiro atoms. The Kier molecular flexibility index (Phi) is 41.7. The molecule has 1 amide bonds. The molecule has 3 fully saturated rings. The summed E-state index contributed by atoms with van der Waals surface area (Å²) in [5, 5.41) is 120. The molecule has 0 aromatic rings. The van der Waals surface area contributed by atoms with Gasteiger partial charge in [0.25, 0.3) is 0 Å². The Labute approximate surface area is 486 Å². The number of rotatable bonds is 49. The van der Waals surface area contributed by atoms with Crippen molar-refractivity contribution in [3.8, 4) is 0 Å². The van der Waals surface area contributed by atoms with Crippen LogP contribution in [0.15, 0.2) is 12.2 Å². The summed E-state index contributed by atoms with van der Waals surface area (Å²) < 4.78 is 34.3. The van der Waals surface area contributed by atoms with E-state index in [2.05, 4.69) is 19.2 Å². The maximum Gasteiger partial charge on any atom is 0.220 e. The van der Waals surface area contributed by atoms with E-state index in [1.807, 2.05) is 6.08 Å². The molecule has 3 aliphatic rings. The molecule has 0 radical (unpaired) electrons. The van der Waals surface area contributed by atoms with E-state index in [0.29, 0.717) is 6.42 Å². The fraction of sp³-hybridized carbons (Fsp3) is 0.952. The van der Waals surface area contributed by atoms with Gasteiger partial charge >= 0.3 is 0 Å². The van der Waals surface area contributed by atoms with E-state index in [1.165, 1.54) is 173 Å². The lowest BCUT2D eigenvalue weighted by Crippen LogP contribution is -2.66. The van der Waals surface area contributed by atoms with Crippen molar-refractivity contribution in [1.29, 1.82) is 0 Å². The number of ether oxygens (including phenoxy) is 6. The lowest BCUT2D eigenvalue weighted by atomic mass is 9.96. The van der Waals surface area contributed by atoms with Crippen LogP contribution in [0.3, 0.4) is 0 Å². The molecule has 81 heavy (non-hydrogen) atoms. The van der Waals surface area contributed by atoms with Gasteiger partial charge in [0.1, 0.15) is 73.2 Å². The summed E-state index contributed by atoms with van der Waals surface area (Å²) in [6.45, 7) is 1.74. The van der Waals surface area contributed by atoms with E-state index >= 15 is 0 Å². The van der Waals surface area contributed by atoms with E-state index in [9.17, 15) is 61.0 Å². The van der Waals surface area contributed by atoms with Gasteiger partial charge in [0, 0.05) is 6.42 Å². The molecule has 19 nitrogen and oxygen atoms in total. The van der Waals surface area contributed by atoms with E-state index in [-0.39, 0.29) is 18.9 Å². The number of carbonyl (C=O) groups is 1. The number of carbonyl (C=O) groups excluding carboxylic acids is 1. The van der Waals surface area contributed by atoms with Crippen LogP contribution in [0.4, 0.5) is 0 Å². The normalized spacial score (nSPS) is 29.8. The lowest BCUT2D eigenvalue weighted by Gasteiger charge is -2.48. The largest absolute Gasteiger partial charge is 0.394 e. The Morgan fingerprint density at radius 2 is 0.765 bits per heavy atom. The number of nitrogens with one attached hydrogen (secondary N) is 1. The summed E-state index contributed by atoms with van der Waals surface area (Å²) in [5.74, 6) is -0.271. The van der Waals surface area contributed by atoms with Crippen LogP contribution in [0, 0.1) is 0 Å². The lowest BCUT2D eigenvalue weighted by molar-refractivity contribution is -0.379. The highest BCUT2D eigenvalue weighted by Crippen LogP contribution is 2.33. The quantitative estimate of drug-likeness (QED) is 0.0217. The van der Waals surface area contributed by atoms with Gasteiger partial charge in [-0.15, -0.1) is 0 Å². The molecule has 0 aliphatic carbocycles. The molecular weight excluding hydrogens is 1050 g/mol. The van der Waals surface area contributed by atoms with Crippen LogP contribution in [0.2, 0.25) is 0 Å². The van der Waals surface area contributed by atoms with Crippen LogP contribution in [0.5, 0.6) is 0 Å². The Morgan fingerprint density at radius 1 is 0.432 bits per heavy atom. The standard InChI is InChI=1S/C62H117NO18/c1-3-5-7-9-11-13-15-17-18-19-20-21-22-23-24-25-26-28-30-32-34-36-38-40-50(68)63-45(46(67)39-37-35-33-31-29-27-16-14-12-10-8-6-4-2)44-76-60-56(74)53(71)58(48(42-65)78-60)81-62-57(75)54(72)59(49(43-66)79-62)80-61-55(73)52(70)51(69)47(41-64)77-61/h37,39,45-49,51-62,64-67,69-75H,3-36,38,40-44H2,1-2H3,(H,63,68). The molecule has 17 unspecified atom stereocenters. The third-order valence-corrected chi connectivity index (χ3v) is 16.6. The van der Waals surface area contributed by atoms with E-state index in [1.54, 1.807) is 6.08 Å². The minimum Gasteiger partial charge on any atom is -0.394 e. The molecule has 12 N–H and O–H groups in total. The van der Waals surface area contributed by atoms with Gasteiger partial charge in [-0.3, -0.25) is 4.79 Å². The predicted molar refractivity (Wildman–Crippen MR) is 310 cm³/mol. The summed E-state index contributed by atoms with van der Waals surface area (Å²) in [7, 11) is 0. The molecule has 17 atom stereocenters. The summed E-state index contributed by atoms with van der Waals surface area (Å²) >= 11 is 0. The molecule has 0 aromatic heterocycles. The van der Waals surface area contributed by atoms with Crippen molar-refractivity contribution in [3.63, 3.8) is 0 Å². The number of allylic oxidation sites excluding steroid dienone is 1. The van der Waals surface area contributed by atoms with E-state index in [0.717, 1.165) is 44.9 Å². The topological polar surface area (TPSA) is 307 Å². The fourth-order valence-corrected chi connectivity index (χ4v) is 11.3. The first-order valence-corrected chi connectivity index (χ1v) is 32.4. The third kappa shape index (κ3) is 29.2. The number of hydrogen-bond acceptors (Lipinski definition) is 18. The SMILES string of the molecule is CCCCCCCCCCCCCC=CC(O)C(COC1OC(CO)C(OC2OC(CO)C(OC3OC(CO)C(O)C(O)C3O)C(O)C2O)C(O)C1O)NC(=O)CCCCCCCCCCCCCCCCCCCCCCCCC. The molecule has 0 saturated carbocycles. The zero-order chi connectivity index (χ0) is 59.0. The minimum absolute atomic E-state index is 0.249. The number of aliphatic hydroxyl groups is 11. The highest BCUT2D eigenvalue weighted by molar-refractivity contribution is 5.76. The average molecular weight is 1160 g/mol. The molecule has 3 heterocycles.